The third-order valence-corrected chi connectivity index (χ3v) is 2.50. The standard InChI is InChI=1S/C15H19NO2/c1-2-3-4-10-16-15(18)14-9-5-7-13(12-14)8-6-11-17/h5,7,9,12,17H,2-4,10-11H2,1H3,(H,16,18). The molecule has 1 amide bonds. The molecule has 2 N–H and O–H groups in total. The minimum atomic E-state index is -0.173. The van der Waals surface area contributed by atoms with E-state index in [2.05, 4.69) is 24.1 Å². The van der Waals surface area contributed by atoms with Crippen LogP contribution in [0.25, 0.3) is 0 Å². The quantitative estimate of drug-likeness (QED) is 0.615. The van der Waals surface area contributed by atoms with E-state index in [4.69, 9.17) is 5.11 Å². The van der Waals surface area contributed by atoms with Gasteiger partial charge in [-0.1, -0.05) is 37.7 Å². The van der Waals surface area contributed by atoms with Crippen LogP contribution in [-0.4, -0.2) is 24.2 Å². The third kappa shape index (κ3) is 5.03. The summed E-state index contributed by atoms with van der Waals surface area (Å²) in [5.41, 5.74) is 1.35. The van der Waals surface area contributed by atoms with Crippen LogP contribution in [0.3, 0.4) is 0 Å². The Balaban J connectivity index is 2.57. The maximum atomic E-state index is 11.8. The lowest BCUT2D eigenvalue weighted by Gasteiger charge is -2.04. The maximum Gasteiger partial charge on any atom is 0.251 e. The first kappa shape index (κ1) is 14.3. The van der Waals surface area contributed by atoms with Gasteiger partial charge in [-0.05, 0) is 24.6 Å². The maximum absolute atomic E-state index is 11.8. The van der Waals surface area contributed by atoms with E-state index in [1.54, 1.807) is 18.2 Å². The van der Waals surface area contributed by atoms with Gasteiger partial charge in [-0.2, -0.15) is 0 Å². The molecule has 1 aromatic rings. The number of nitrogens with one attached hydrogen (secondary N) is 1. The van der Waals surface area contributed by atoms with Crippen molar-refractivity contribution in [2.24, 2.45) is 0 Å². The lowest BCUT2D eigenvalue weighted by atomic mass is 10.1. The largest absolute Gasteiger partial charge is 0.384 e. The SMILES string of the molecule is CCCCCNC(=O)c1cccc(C#CCO)c1. The number of hydrogen-bond acceptors (Lipinski definition) is 2. The van der Waals surface area contributed by atoms with Crippen LogP contribution in [0, 0.1) is 11.8 Å². The zero-order valence-electron chi connectivity index (χ0n) is 10.7. The number of benzene rings is 1. The van der Waals surface area contributed by atoms with Gasteiger partial charge in [-0.25, -0.2) is 0 Å². The lowest BCUT2D eigenvalue weighted by molar-refractivity contribution is 0.0953. The Hall–Kier alpha value is -1.79. The molecule has 0 heterocycles. The second-order valence-electron chi connectivity index (χ2n) is 4.00. The van der Waals surface area contributed by atoms with Crippen LogP contribution >= 0.6 is 0 Å². The first-order chi connectivity index (χ1) is 8.77. The first-order valence-corrected chi connectivity index (χ1v) is 6.26. The minimum absolute atomic E-state index is 0.0706. The fraction of sp³-hybridized carbons (Fsp3) is 0.400. The Morgan fingerprint density at radius 1 is 1.39 bits per heavy atom. The van der Waals surface area contributed by atoms with E-state index in [9.17, 15) is 4.79 Å². The molecule has 0 bridgehead atoms. The van der Waals surface area contributed by atoms with Crippen molar-refractivity contribution >= 4 is 5.91 Å². The van der Waals surface area contributed by atoms with E-state index < -0.39 is 0 Å². The van der Waals surface area contributed by atoms with Gasteiger partial charge in [0.25, 0.3) is 5.91 Å². The number of unbranched alkanes of at least 4 members (excludes halogenated alkanes) is 2. The summed E-state index contributed by atoms with van der Waals surface area (Å²) in [5, 5.41) is 11.5. The van der Waals surface area contributed by atoms with Crippen molar-refractivity contribution < 1.29 is 9.90 Å². The molecule has 1 aromatic carbocycles. The van der Waals surface area contributed by atoms with Gasteiger partial charge in [0.15, 0.2) is 0 Å². The molecule has 0 unspecified atom stereocenters. The van der Waals surface area contributed by atoms with Crippen LogP contribution in [0.15, 0.2) is 24.3 Å². The fourth-order valence-electron chi connectivity index (χ4n) is 1.56. The molecule has 1 rings (SSSR count). The number of aliphatic hydroxyl groups is 1. The fourth-order valence-corrected chi connectivity index (χ4v) is 1.56. The van der Waals surface area contributed by atoms with Crippen LogP contribution in [0.2, 0.25) is 0 Å². The minimum Gasteiger partial charge on any atom is -0.384 e. The predicted octanol–water partition coefficient (Wildman–Crippen LogP) is 1.95. The highest BCUT2D eigenvalue weighted by Crippen LogP contribution is 2.04. The number of carbonyl (C=O) groups excluding carboxylic acids is 1. The molecule has 0 aliphatic carbocycles. The number of rotatable bonds is 5. The Kier molecular flexibility index (Phi) is 6.60. The predicted molar refractivity (Wildman–Crippen MR) is 72.3 cm³/mol. The summed E-state index contributed by atoms with van der Waals surface area (Å²) >= 11 is 0. The van der Waals surface area contributed by atoms with Gasteiger partial charge in [0.2, 0.25) is 0 Å². The molecular weight excluding hydrogens is 226 g/mol. The molecule has 3 heteroatoms. The average molecular weight is 245 g/mol. The zero-order valence-corrected chi connectivity index (χ0v) is 10.7. The number of amides is 1. The molecule has 0 radical (unpaired) electrons. The van der Waals surface area contributed by atoms with Crippen molar-refractivity contribution in [3.63, 3.8) is 0 Å². The molecule has 0 saturated heterocycles. The third-order valence-electron chi connectivity index (χ3n) is 2.50. The summed E-state index contributed by atoms with van der Waals surface area (Å²) in [6.07, 6.45) is 3.27. The highest BCUT2D eigenvalue weighted by molar-refractivity contribution is 5.94. The van der Waals surface area contributed by atoms with E-state index in [0.717, 1.165) is 24.8 Å². The monoisotopic (exact) mass is 245 g/mol. The Morgan fingerprint density at radius 3 is 2.94 bits per heavy atom. The van der Waals surface area contributed by atoms with Crippen molar-refractivity contribution in [3.8, 4) is 11.8 Å². The Morgan fingerprint density at radius 2 is 2.22 bits per heavy atom. The molecule has 0 saturated carbocycles. The van der Waals surface area contributed by atoms with Gasteiger partial charge in [-0.15, -0.1) is 0 Å². The normalized spacial score (nSPS) is 9.44. The Labute approximate surface area is 108 Å². The molecular formula is C15H19NO2. The van der Waals surface area contributed by atoms with Crippen LogP contribution < -0.4 is 5.32 Å². The number of carbonyl (C=O) groups is 1. The van der Waals surface area contributed by atoms with E-state index in [1.807, 2.05) is 6.07 Å². The summed E-state index contributed by atoms with van der Waals surface area (Å²) in [4.78, 5) is 11.8. The number of hydrogen-bond donors (Lipinski definition) is 2. The second-order valence-corrected chi connectivity index (χ2v) is 4.00. The average Bonchev–Trinajstić information content (AvgIpc) is 2.41. The van der Waals surface area contributed by atoms with Gasteiger partial charge in [-0.3, -0.25) is 4.79 Å². The molecule has 0 aliphatic heterocycles. The van der Waals surface area contributed by atoms with Crippen molar-refractivity contribution in [2.45, 2.75) is 26.2 Å². The van der Waals surface area contributed by atoms with E-state index >= 15 is 0 Å². The lowest BCUT2D eigenvalue weighted by Crippen LogP contribution is -2.24. The van der Waals surface area contributed by atoms with E-state index in [0.29, 0.717) is 12.1 Å². The topological polar surface area (TPSA) is 49.3 Å². The van der Waals surface area contributed by atoms with E-state index in [-0.39, 0.29) is 12.5 Å². The van der Waals surface area contributed by atoms with Gasteiger partial charge in [0.1, 0.15) is 6.61 Å². The van der Waals surface area contributed by atoms with Crippen LogP contribution in [-0.2, 0) is 0 Å². The van der Waals surface area contributed by atoms with Crippen LogP contribution in [0.4, 0.5) is 0 Å². The summed E-state index contributed by atoms with van der Waals surface area (Å²) in [6, 6.07) is 7.11. The molecule has 0 aliphatic rings. The number of aliphatic hydroxyl groups excluding tert-OH is 1. The molecule has 3 nitrogen and oxygen atoms in total. The van der Waals surface area contributed by atoms with Crippen molar-refractivity contribution in [3.05, 3.63) is 35.4 Å². The molecule has 0 fully saturated rings. The van der Waals surface area contributed by atoms with Crippen LogP contribution in [0.1, 0.15) is 42.1 Å². The second kappa shape index (κ2) is 8.32. The molecule has 0 aromatic heterocycles. The van der Waals surface area contributed by atoms with Gasteiger partial charge in [0.05, 0.1) is 0 Å². The van der Waals surface area contributed by atoms with Gasteiger partial charge in [0, 0.05) is 17.7 Å². The first-order valence-electron chi connectivity index (χ1n) is 6.26. The van der Waals surface area contributed by atoms with Gasteiger partial charge >= 0.3 is 0 Å². The summed E-state index contributed by atoms with van der Waals surface area (Å²) < 4.78 is 0. The highest BCUT2D eigenvalue weighted by Gasteiger charge is 2.04. The summed E-state index contributed by atoms with van der Waals surface area (Å²) in [7, 11) is 0. The zero-order chi connectivity index (χ0) is 13.2. The summed E-state index contributed by atoms with van der Waals surface area (Å²) in [6.45, 7) is 2.66. The van der Waals surface area contributed by atoms with Crippen LogP contribution in [0.5, 0.6) is 0 Å². The smallest absolute Gasteiger partial charge is 0.251 e. The molecule has 0 spiro atoms. The van der Waals surface area contributed by atoms with Gasteiger partial charge < -0.3 is 10.4 Å². The molecule has 96 valence electrons. The van der Waals surface area contributed by atoms with Crippen molar-refractivity contribution in [1.29, 1.82) is 0 Å². The van der Waals surface area contributed by atoms with Crippen molar-refractivity contribution in [1.82, 2.24) is 5.32 Å². The summed E-state index contributed by atoms with van der Waals surface area (Å²) in [5.74, 6) is 5.28. The molecule has 18 heavy (non-hydrogen) atoms. The van der Waals surface area contributed by atoms with E-state index in [1.165, 1.54) is 0 Å². The Bertz CT molecular complexity index is 443. The van der Waals surface area contributed by atoms with Crippen molar-refractivity contribution in [2.75, 3.05) is 13.2 Å². The molecule has 0 atom stereocenters. The highest BCUT2D eigenvalue weighted by atomic mass is 16.2.